The molecule has 0 radical (unpaired) electrons. The molecule has 2 saturated carbocycles. The lowest BCUT2D eigenvalue weighted by Gasteiger charge is -2.22. The molecular formula is C19H24N6O3. The quantitative estimate of drug-likeness (QED) is 0.730. The van der Waals surface area contributed by atoms with Gasteiger partial charge in [0.15, 0.2) is 5.82 Å². The first-order chi connectivity index (χ1) is 13.5. The molecule has 1 saturated heterocycles. The van der Waals surface area contributed by atoms with Crippen molar-refractivity contribution in [3.05, 3.63) is 29.3 Å². The fourth-order valence-electron chi connectivity index (χ4n) is 4.44. The van der Waals surface area contributed by atoms with Crippen molar-refractivity contribution in [2.45, 2.75) is 62.9 Å². The average molecular weight is 384 g/mol. The van der Waals surface area contributed by atoms with Crippen LogP contribution in [0.4, 0.5) is 10.6 Å². The third-order valence-electron chi connectivity index (χ3n) is 6.12. The van der Waals surface area contributed by atoms with Gasteiger partial charge >= 0.3 is 6.03 Å². The molecule has 3 heterocycles. The highest BCUT2D eigenvalue weighted by Gasteiger charge is 2.53. The first kappa shape index (κ1) is 17.3. The van der Waals surface area contributed by atoms with Gasteiger partial charge in [0.2, 0.25) is 5.91 Å². The van der Waals surface area contributed by atoms with E-state index in [1.54, 1.807) is 6.07 Å². The summed E-state index contributed by atoms with van der Waals surface area (Å²) in [5.41, 5.74) is 1.83. The summed E-state index contributed by atoms with van der Waals surface area (Å²) in [6.07, 6.45) is 5.26. The largest absolute Gasteiger partial charge is 0.361 e. The van der Waals surface area contributed by atoms with Crippen LogP contribution in [0, 0.1) is 6.92 Å². The second-order valence-corrected chi connectivity index (χ2v) is 8.37. The Morgan fingerprint density at radius 3 is 2.96 bits per heavy atom. The number of aromatic amines is 1. The number of aromatic nitrogens is 3. The molecule has 3 N–H and O–H groups in total. The number of rotatable bonds is 5. The summed E-state index contributed by atoms with van der Waals surface area (Å²) in [6, 6.07) is 4.00. The monoisotopic (exact) mass is 384 g/mol. The first-order valence-corrected chi connectivity index (χ1v) is 9.86. The number of H-pyrrole nitrogens is 1. The normalized spacial score (nSPS) is 25.3. The first-order valence-electron chi connectivity index (χ1n) is 9.86. The van der Waals surface area contributed by atoms with E-state index in [1.807, 2.05) is 17.9 Å². The van der Waals surface area contributed by atoms with Crippen molar-refractivity contribution in [1.82, 2.24) is 25.6 Å². The molecule has 2 aromatic heterocycles. The summed E-state index contributed by atoms with van der Waals surface area (Å²) in [4.78, 5) is 26.4. The summed E-state index contributed by atoms with van der Waals surface area (Å²) in [7, 11) is 0. The molecule has 3 fully saturated rings. The summed E-state index contributed by atoms with van der Waals surface area (Å²) < 4.78 is 5.07. The molecule has 28 heavy (non-hydrogen) atoms. The summed E-state index contributed by atoms with van der Waals surface area (Å²) in [5, 5.41) is 17.0. The maximum absolute atomic E-state index is 12.3. The number of hydrogen-bond donors (Lipinski definition) is 3. The van der Waals surface area contributed by atoms with Gasteiger partial charge in [0.25, 0.3) is 0 Å². The third-order valence-corrected chi connectivity index (χ3v) is 6.12. The van der Waals surface area contributed by atoms with Gasteiger partial charge in [-0.15, -0.1) is 0 Å². The third kappa shape index (κ3) is 3.25. The Labute approximate surface area is 162 Å². The van der Waals surface area contributed by atoms with E-state index >= 15 is 0 Å². The molecule has 3 amide bonds. The number of nitrogens with zero attached hydrogens (tertiary/aromatic N) is 3. The van der Waals surface area contributed by atoms with Gasteiger partial charge in [-0.05, 0) is 39.0 Å². The van der Waals surface area contributed by atoms with Crippen molar-refractivity contribution in [3.63, 3.8) is 0 Å². The second kappa shape index (κ2) is 6.35. The van der Waals surface area contributed by atoms with Crippen LogP contribution < -0.4 is 10.6 Å². The van der Waals surface area contributed by atoms with E-state index < -0.39 is 0 Å². The lowest BCUT2D eigenvalue weighted by Crippen LogP contribution is -2.36. The highest BCUT2D eigenvalue weighted by atomic mass is 16.5. The number of anilines is 1. The van der Waals surface area contributed by atoms with E-state index in [9.17, 15) is 9.59 Å². The number of nitrogens with one attached hydrogen (secondary N) is 3. The van der Waals surface area contributed by atoms with Gasteiger partial charge in [-0.2, -0.15) is 5.10 Å². The average Bonchev–Trinajstić information content (AvgIpc) is 3.11. The van der Waals surface area contributed by atoms with Crippen LogP contribution in [0.15, 0.2) is 16.7 Å². The van der Waals surface area contributed by atoms with Crippen LogP contribution in [-0.4, -0.2) is 50.3 Å². The molecule has 0 bridgehead atoms. The number of urea groups is 1. The van der Waals surface area contributed by atoms with Crippen LogP contribution in [0.5, 0.6) is 0 Å². The van der Waals surface area contributed by atoms with E-state index in [-0.39, 0.29) is 29.9 Å². The number of amides is 3. The van der Waals surface area contributed by atoms with Crippen molar-refractivity contribution in [1.29, 1.82) is 0 Å². The predicted octanol–water partition coefficient (Wildman–Crippen LogP) is 2.08. The maximum atomic E-state index is 12.3. The molecule has 1 aliphatic heterocycles. The Morgan fingerprint density at radius 1 is 1.39 bits per heavy atom. The molecule has 2 aliphatic carbocycles. The Morgan fingerprint density at radius 2 is 2.25 bits per heavy atom. The van der Waals surface area contributed by atoms with Gasteiger partial charge in [0.05, 0.1) is 17.7 Å². The van der Waals surface area contributed by atoms with Crippen molar-refractivity contribution in [3.8, 4) is 0 Å². The van der Waals surface area contributed by atoms with E-state index in [0.717, 1.165) is 50.0 Å². The molecule has 148 valence electrons. The molecule has 5 rings (SSSR count). The highest BCUT2D eigenvalue weighted by Crippen LogP contribution is 2.44. The molecular weight excluding hydrogens is 360 g/mol. The maximum Gasteiger partial charge on any atom is 0.318 e. The second-order valence-electron chi connectivity index (χ2n) is 8.37. The Hall–Kier alpha value is -2.84. The van der Waals surface area contributed by atoms with Crippen LogP contribution in [0.1, 0.15) is 55.2 Å². The lowest BCUT2D eigenvalue weighted by molar-refractivity contribution is -0.115. The van der Waals surface area contributed by atoms with Gasteiger partial charge in [-0.25, -0.2) is 4.79 Å². The Balaban J connectivity index is 1.17. The van der Waals surface area contributed by atoms with Crippen LogP contribution in [0.3, 0.4) is 0 Å². The molecule has 0 unspecified atom stereocenters. The number of aryl methyl sites for hydroxylation is 1. The highest BCUT2D eigenvalue weighted by molar-refractivity contribution is 5.91. The molecule has 3 aliphatic rings. The van der Waals surface area contributed by atoms with Crippen molar-refractivity contribution in [2.24, 2.45) is 0 Å². The molecule has 2 atom stereocenters. The molecule has 1 spiro atoms. The van der Waals surface area contributed by atoms with E-state index in [4.69, 9.17) is 4.52 Å². The minimum Gasteiger partial charge on any atom is -0.361 e. The minimum atomic E-state index is -0.193. The zero-order valence-electron chi connectivity index (χ0n) is 15.8. The summed E-state index contributed by atoms with van der Waals surface area (Å²) in [6.45, 7) is 2.66. The van der Waals surface area contributed by atoms with Crippen molar-refractivity contribution >= 4 is 17.8 Å². The van der Waals surface area contributed by atoms with Gasteiger partial charge in [-0.3, -0.25) is 9.89 Å². The van der Waals surface area contributed by atoms with Gasteiger partial charge in [-0.1, -0.05) is 5.16 Å². The fraction of sp³-hybridized carbons (Fsp3) is 0.579. The smallest absolute Gasteiger partial charge is 0.318 e. The van der Waals surface area contributed by atoms with Crippen molar-refractivity contribution in [2.75, 3.05) is 11.9 Å². The molecule has 2 aromatic rings. The van der Waals surface area contributed by atoms with Crippen LogP contribution >= 0.6 is 0 Å². The number of carbonyl (C=O) groups excluding carboxylic acids is 2. The Kier molecular flexibility index (Phi) is 3.92. The van der Waals surface area contributed by atoms with E-state index in [0.29, 0.717) is 17.5 Å². The van der Waals surface area contributed by atoms with Crippen LogP contribution in [-0.2, 0) is 11.2 Å². The number of carbonyl (C=O) groups is 2. The van der Waals surface area contributed by atoms with Crippen LogP contribution in [0.25, 0.3) is 0 Å². The van der Waals surface area contributed by atoms with Crippen molar-refractivity contribution < 1.29 is 14.1 Å². The summed E-state index contributed by atoms with van der Waals surface area (Å²) in [5.74, 6) is 1.17. The zero-order chi connectivity index (χ0) is 19.3. The standard InChI is InChI=1S/C19H24N6O3/c1-11-6-14(28-24-11)8-17(26)20-16-9-15(22-23-16)12-2-3-13(7-12)25-10-19(4-5-19)21-18(25)27/h6,9,12-13H,2-5,7-8,10H2,1H3,(H,21,27)(H2,20,22,23,26)/t12-,13+/m1/s1. The molecule has 9 nitrogen and oxygen atoms in total. The predicted molar refractivity (Wildman–Crippen MR) is 99.7 cm³/mol. The topological polar surface area (TPSA) is 116 Å². The lowest BCUT2D eigenvalue weighted by atomic mass is 10.0. The fourth-order valence-corrected chi connectivity index (χ4v) is 4.44. The van der Waals surface area contributed by atoms with E-state index in [1.165, 1.54) is 0 Å². The molecule has 9 heteroatoms. The van der Waals surface area contributed by atoms with Crippen LogP contribution in [0.2, 0.25) is 0 Å². The minimum absolute atomic E-state index is 0.0721. The SMILES string of the molecule is Cc1cc(CC(=O)Nc2cc([C@@H]3CC[C@H](N4CC5(CC5)NC4=O)C3)[nH]n2)on1. The van der Waals surface area contributed by atoms with E-state index in [2.05, 4.69) is 26.0 Å². The number of hydrogen-bond acceptors (Lipinski definition) is 5. The van der Waals surface area contributed by atoms with Gasteiger partial charge < -0.3 is 20.1 Å². The summed E-state index contributed by atoms with van der Waals surface area (Å²) >= 11 is 0. The van der Waals surface area contributed by atoms with Gasteiger partial charge in [0.1, 0.15) is 5.76 Å². The molecule has 0 aromatic carbocycles. The van der Waals surface area contributed by atoms with Gasteiger partial charge in [0, 0.05) is 36.3 Å². The zero-order valence-corrected chi connectivity index (χ0v) is 15.8. The Bertz CT molecular complexity index is 914.